The highest BCUT2D eigenvalue weighted by Crippen LogP contribution is 2.40. The van der Waals surface area contributed by atoms with E-state index in [2.05, 4.69) is 20.8 Å². The number of nitrogens with one attached hydrogen (secondary N) is 1. The van der Waals surface area contributed by atoms with E-state index in [9.17, 15) is 31.7 Å². The van der Waals surface area contributed by atoms with Crippen molar-refractivity contribution in [3.8, 4) is 11.5 Å². The fourth-order valence-corrected chi connectivity index (χ4v) is 6.23. The smallest absolute Gasteiger partial charge is 0.410 e. The van der Waals surface area contributed by atoms with Crippen LogP contribution >= 0.6 is 0 Å². The van der Waals surface area contributed by atoms with Crippen LogP contribution in [0.2, 0.25) is 19.6 Å². The molecule has 0 unspecified atom stereocenters. The van der Waals surface area contributed by atoms with E-state index in [4.69, 9.17) is 0 Å². The summed E-state index contributed by atoms with van der Waals surface area (Å²) >= 11 is 0. The molecule has 0 spiro atoms. The molecule has 2 N–H and O–H groups in total. The number of hydrogen-bond acceptors (Lipinski definition) is 4. The number of benzene rings is 1. The maximum atomic E-state index is 14.9. The molecule has 12 heteroatoms. The standard InChI is InChI=1S/C21H27F4N3O3SSi/c1-19(2)17(27-18(29)30)28-20(3,13-32(19,31)26-12-21(23,24)25)15-11-14(7-8-16(15)22)9-10-33(4,5)6/h7-8,11H,12-13H2,1-6H3,(H,27,28)(H,29,30)/t20-,32+/m0/s1. The average Bonchev–Trinajstić information content (AvgIpc) is 2.62. The summed E-state index contributed by atoms with van der Waals surface area (Å²) in [6.45, 7) is 8.39. The van der Waals surface area contributed by atoms with Gasteiger partial charge >= 0.3 is 12.3 Å². The molecule has 0 aromatic heterocycles. The second-order valence-corrected chi connectivity index (χ2v) is 17.2. The Hall–Kier alpha value is -2.39. The Bertz CT molecular complexity index is 1170. The van der Waals surface area contributed by atoms with Crippen molar-refractivity contribution in [2.45, 2.75) is 56.9 Å². The first-order chi connectivity index (χ1) is 14.8. The fraction of sp³-hybridized carbons (Fsp3) is 0.524. The van der Waals surface area contributed by atoms with E-state index >= 15 is 0 Å². The van der Waals surface area contributed by atoms with Gasteiger partial charge in [-0.3, -0.25) is 10.3 Å². The molecule has 1 amide bonds. The molecular formula is C21H27F4N3O3SSi. The summed E-state index contributed by atoms with van der Waals surface area (Å²) in [5.41, 5.74) is 1.89. The van der Waals surface area contributed by atoms with Crippen LogP contribution in [0.15, 0.2) is 27.6 Å². The van der Waals surface area contributed by atoms with Gasteiger partial charge in [0.05, 0.1) is 15.5 Å². The molecule has 1 aromatic carbocycles. The zero-order valence-corrected chi connectivity index (χ0v) is 21.0. The molecule has 33 heavy (non-hydrogen) atoms. The molecule has 1 aromatic rings. The highest BCUT2D eigenvalue weighted by atomic mass is 32.2. The van der Waals surface area contributed by atoms with E-state index in [1.165, 1.54) is 32.9 Å². The lowest BCUT2D eigenvalue weighted by Gasteiger charge is -2.41. The van der Waals surface area contributed by atoms with Crippen molar-refractivity contribution >= 4 is 29.7 Å². The Balaban J connectivity index is 2.77. The Morgan fingerprint density at radius 1 is 1.30 bits per heavy atom. The molecule has 6 nitrogen and oxygen atoms in total. The first-order valence-electron chi connectivity index (χ1n) is 9.98. The van der Waals surface area contributed by atoms with Crippen LogP contribution in [0.3, 0.4) is 0 Å². The molecule has 2 atom stereocenters. The maximum absolute atomic E-state index is 14.9. The number of amidine groups is 1. The van der Waals surface area contributed by atoms with Crippen molar-refractivity contribution in [3.05, 3.63) is 35.1 Å². The molecule has 0 aliphatic carbocycles. The highest BCUT2D eigenvalue weighted by molar-refractivity contribution is 7.95. The van der Waals surface area contributed by atoms with Crippen LogP contribution in [0.1, 0.15) is 31.9 Å². The molecule has 0 fully saturated rings. The number of rotatable bonds is 2. The van der Waals surface area contributed by atoms with Crippen LogP contribution in [0.5, 0.6) is 0 Å². The van der Waals surface area contributed by atoms with Crippen molar-refractivity contribution in [3.63, 3.8) is 0 Å². The molecular weight excluding hydrogens is 478 g/mol. The molecule has 0 radical (unpaired) electrons. The van der Waals surface area contributed by atoms with E-state index in [0.29, 0.717) is 5.56 Å². The normalized spacial score (nSPS) is 24.8. The first kappa shape index (κ1) is 26.9. The van der Waals surface area contributed by atoms with Crippen molar-refractivity contribution in [1.29, 1.82) is 0 Å². The largest absolute Gasteiger partial charge is 0.465 e. The second kappa shape index (κ2) is 8.75. The van der Waals surface area contributed by atoms with Gasteiger partial charge in [-0.15, -0.1) is 5.54 Å². The number of halogens is 4. The van der Waals surface area contributed by atoms with Crippen LogP contribution in [-0.2, 0) is 15.3 Å². The Labute approximate surface area is 192 Å². The quantitative estimate of drug-likeness (QED) is 0.345. The van der Waals surface area contributed by atoms with Crippen molar-refractivity contribution in [1.82, 2.24) is 5.32 Å². The van der Waals surface area contributed by atoms with Gasteiger partial charge in [0.1, 0.15) is 36.6 Å². The van der Waals surface area contributed by atoms with E-state index in [1.807, 2.05) is 25.0 Å². The first-order valence-corrected chi connectivity index (χ1v) is 15.2. The van der Waals surface area contributed by atoms with Crippen molar-refractivity contribution < 1.29 is 31.7 Å². The number of carboxylic acid groups (broad SMARTS) is 1. The summed E-state index contributed by atoms with van der Waals surface area (Å²) in [5.74, 6) is 1.37. The molecule has 182 valence electrons. The zero-order chi connectivity index (χ0) is 25.5. The van der Waals surface area contributed by atoms with Gasteiger partial charge in [-0.05, 0) is 39.0 Å². The third kappa shape index (κ3) is 6.35. The summed E-state index contributed by atoms with van der Waals surface area (Å²) in [5, 5.41) is 11.3. The van der Waals surface area contributed by atoms with Crippen LogP contribution in [0.25, 0.3) is 0 Å². The summed E-state index contributed by atoms with van der Waals surface area (Å²) in [6, 6.07) is 4.03. The summed E-state index contributed by atoms with van der Waals surface area (Å²) in [4.78, 5) is 15.7. The van der Waals surface area contributed by atoms with Gasteiger partial charge in [0.2, 0.25) is 0 Å². The minimum atomic E-state index is -4.72. The monoisotopic (exact) mass is 505 g/mol. The molecule has 1 heterocycles. The number of hydrogen-bond donors (Lipinski definition) is 2. The number of carbonyl (C=O) groups is 1. The summed E-state index contributed by atoms with van der Waals surface area (Å²) < 4.78 is 69.3. The predicted molar refractivity (Wildman–Crippen MR) is 123 cm³/mol. The summed E-state index contributed by atoms with van der Waals surface area (Å²) in [7, 11) is -5.52. The molecule has 1 aliphatic heterocycles. The number of amides is 1. The zero-order valence-electron chi connectivity index (χ0n) is 19.2. The van der Waals surface area contributed by atoms with Gasteiger partial charge in [-0.2, -0.15) is 13.2 Å². The summed E-state index contributed by atoms with van der Waals surface area (Å²) in [6.07, 6.45) is -6.26. The number of alkyl halides is 3. The van der Waals surface area contributed by atoms with E-state index < -0.39 is 58.5 Å². The predicted octanol–water partition coefficient (Wildman–Crippen LogP) is 4.76. The Kier molecular flexibility index (Phi) is 7.12. The average molecular weight is 506 g/mol. The van der Waals surface area contributed by atoms with Crippen LogP contribution < -0.4 is 5.32 Å². The van der Waals surface area contributed by atoms with Gasteiger partial charge < -0.3 is 5.11 Å². The third-order valence-electron chi connectivity index (χ3n) is 5.01. The van der Waals surface area contributed by atoms with Crippen molar-refractivity contribution in [2.24, 2.45) is 9.36 Å². The van der Waals surface area contributed by atoms with Gasteiger partial charge in [0, 0.05) is 11.1 Å². The lowest BCUT2D eigenvalue weighted by atomic mass is 9.92. The molecule has 2 rings (SSSR count). The number of nitrogens with zero attached hydrogens (tertiary/aromatic N) is 2. The lowest BCUT2D eigenvalue weighted by molar-refractivity contribution is -0.117. The van der Waals surface area contributed by atoms with Crippen LogP contribution in [-0.4, -0.2) is 52.5 Å². The number of aliphatic imine (C=N–C) groups is 1. The van der Waals surface area contributed by atoms with Crippen molar-refractivity contribution in [2.75, 3.05) is 12.3 Å². The minimum Gasteiger partial charge on any atom is -0.465 e. The molecule has 1 aliphatic rings. The van der Waals surface area contributed by atoms with E-state index in [-0.39, 0.29) is 11.4 Å². The Morgan fingerprint density at radius 3 is 2.42 bits per heavy atom. The molecule has 0 saturated carbocycles. The van der Waals surface area contributed by atoms with Gasteiger partial charge in [-0.1, -0.05) is 25.6 Å². The van der Waals surface area contributed by atoms with E-state index in [1.54, 1.807) is 0 Å². The second-order valence-electron chi connectivity index (χ2n) is 9.56. The maximum Gasteiger partial charge on any atom is 0.410 e. The lowest BCUT2D eigenvalue weighted by Crippen LogP contribution is -2.57. The topological polar surface area (TPSA) is 91.1 Å². The highest BCUT2D eigenvalue weighted by Gasteiger charge is 2.50. The van der Waals surface area contributed by atoms with Gasteiger partial charge in [-0.25, -0.2) is 17.8 Å². The molecule has 0 bridgehead atoms. The fourth-order valence-electron chi connectivity index (χ4n) is 3.20. The SMILES string of the molecule is CC1(C)C(NC(=O)O)=N[C@](C)(c2cc(C#C[Si](C)(C)C)ccc2F)C[S@]1(=O)=NCC(F)(F)F. The minimum absolute atomic E-state index is 0.0556. The third-order valence-corrected chi connectivity index (χ3v) is 9.17. The van der Waals surface area contributed by atoms with E-state index in [0.717, 1.165) is 6.07 Å². The van der Waals surface area contributed by atoms with Crippen LogP contribution in [0, 0.1) is 17.3 Å². The Morgan fingerprint density at radius 2 is 1.91 bits per heavy atom. The van der Waals surface area contributed by atoms with Crippen LogP contribution in [0.4, 0.5) is 22.4 Å². The van der Waals surface area contributed by atoms with Gasteiger partial charge in [0.15, 0.2) is 0 Å². The van der Waals surface area contributed by atoms with Gasteiger partial charge in [0.25, 0.3) is 0 Å². The molecule has 0 saturated heterocycles.